The molecule has 0 atom stereocenters. The van der Waals surface area contributed by atoms with Gasteiger partial charge in [0.15, 0.2) is 0 Å². The summed E-state index contributed by atoms with van der Waals surface area (Å²) in [4.78, 5) is 0. The quantitative estimate of drug-likeness (QED) is 0.678. The normalized spacial score (nSPS) is 10.7. The Morgan fingerprint density at radius 2 is 1.50 bits per heavy atom. The molecule has 3 nitrogen and oxygen atoms in total. The van der Waals surface area contributed by atoms with Crippen LogP contribution in [-0.2, 0) is 0 Å². The Balaban J connectivity index is 1.99. The lowest BCUT2D eigenvalue weighted by Gasteiger charge is -1.99. The molecule has 0 aliphatic rings. The number of halogens is 2. The second-order valence-electron chi connectivity index (χ2n) is 4.45. The summed E-state index contributed by atoms with van der Waals surface area (Å²) in [5, 5.41) is 8.47. The summed E-state index contributed by atoms with van der Waals surface area (Å²) in [6.45, 7) is 0. The van der Waals surface area contributed by atoms with E-state index in [-0.39, 0.29) is 0 Å². The van der Waals surface area contributed by atoms with E-state index in [1.807, 2.05) is 42.5 Å². The van der Waals surface area contributed by atoms with E-state index in [2.05, 4.69) is 10.2 Å². The number of benzene rings is 2. The highest BCUT2D eigenvalue weighted by atomic mass is 35.5. The van der Waals surface area contributed by atoms with Crippen LogP contribution in [0.25, 0.3) is 22.5 Å². The molecule has 0 amide bonds. The van der Waals surface area contributed by atoms with Crippen LogP contribution in [0.3, 0.4) is 0 Å². The average Bonchev–Trinajstić information content (AvgIpc) is 2.88. The van der Waals surface area contributed by atoms with Gasteiger partial charge in [0.1, 0.15) is 0 Å². The first-order valence-corrected chi connectivity index (χ1v) is 6.75. The van der Waals surface area contributed by atoms with Crippen LogP contribution in [0.2, 0.25) is 10.0 Å². The lowest BCUT2D eigenvalue weighted by atomic mass is 10.1. The van der Waals surface area contributed by atoms with Gasteiger partial charge in [0.05, 0.1) is 11.4 Å². The van der Waals surface area contributed by atoms with Gasteiger partial charge in [-0.25, -0.2) is 0 Å². The number of nitrogen functional groups attached to an aromatic ring is 1. The molecule has 3 N–H and O–H groups in total. The van der Waals surface area contributed by atoms with Crippen LogP contribution in [0, 0.1) is 0 Å². The first-order chi connectivity index (χ1) is 9.61. The molecular formula is C15H11Cl2N3. The van der Waals surface area contributed by atoms with E-state index in [4.69, 9.17) is 28.9 Å². The standard InChI is InChI=1S/C15H11Cl2N3/c16-11-5-10(6-12(17)7-11)15-8-14(19-20-15)9-1-3-13(18)4-2-9/h1-8H,18H2,(H,19,20). The van der Waals surface area contributed by atoms with Gasteiger partial charge >= 0.3 is 0 Å². The molecule has 0 fully saturated rings. The zero-order valence-electron chi connectivity index (χ0n) is 10.4. The van der Waals surface area contributed by atoms with E-state index in [9.17, 15) is 0 Å². The van der Waals surface area contributed by atoms with Gasteiger partial charge in [0.2, 0.25) is 0 Å². The SMILES string of the molecule is Nc1ccc(-c2cc(-c3cc(Cl)cc(Cl)c3)n[nH]2)cc1. The number of aromatic amines is 1. The van der Waals surface area contributed by atoms with Gasteiger partial charge in [0.25, 0.3) is 0 Å². The van der Waals surface area contributed by atoms with Gasteiger partial charge in [-0.3, -0.25) is 5.10 Å². The van der Waals surface area contributed by atoms with Crippen molar-refractivity contribution in [1.29, 1.82) is 0 Å². The minimum Gasteiger partial charge on any atom is -0.399 e. The number of H-pyrrole nitrogens is 1. The van der Waals surface area contributed by atoms with E-state index in [1.165, 1.54) is 0 Å². The van der Waals surface area contributed by atoms with Crippen molar-refractivity contribution in [3.8, 4) is 22.5 Å². The Morgan fingerprint density at radius 3 is 2.15 bits per heavy atom. The fraction of sp³-hybridized carbons (Fsp3) is 0. The van der Waals surface area contributed by atoms with E-state index in [0.29, 0.717) is 10.0 Å². The minimum atomic E-state index is 0.588. The van der Waals surface area contributed by atoms with Crippen LogP contribution >= 0.6 is 23.2 Å². The molecule has 1 aromatic heterocycles. The Morgan fingerprint density at radius 1 is 0.850 bits per heavy atom. The Hall–Kier alpha value is -1.97. The average molecular weight is 304 g/mol. The minimum absolute atomic E-state index is 0.588. The number of anilines is 1. The number of hydrogen-bond acceptors (Lipinski definition) is 2. The highest BCUT2D eigenvalue weighted by Crippen LogP contribution is 2.28. The summed E-state index contributed by atoms with van der Waals surface area (Å²) in [5.74, 6) is 0. The molecule has 3 rings (SSSR count). The van der Waals surface area contributed by atoms with Crippen LogP contribution in [-0.4, -0.2) is 10.2 Å². The van der Waals surface area contributed by atoms with Crippen LogP contribution in [0.15, 0.2) is 48.5 Å². The van der Waals surface area contributed by atoms with Crippen molar-refractivity contribution in [3.05, 3.63) is 58.6 Å². The topological polar surface area (TPSA) is 54.7 Å². The lowest BCUT2D eigenvalue weighted by Crippen LogP contribution is -1.83. The molecule has 20 heavy (non-hydrogen) atoms. The first-order valence-electron chi connectivity index (χ1n) is 5.99. The van der Waals surface area contributed by atoms with Crippen LogP contribution in [0.5, 0.6) is 0 Å². The van der Waals surface area contributed by atoms with Crippen molar-refractivity contribution in [2.24, 2.45) is 0 Å². The second kappa shape index (κ2) is 5.19. The molecular weight excluding hydrogens is 293 g/mol. The fourth-order valence-corrected chi connectivity index (χ4v) is 2.51. The largest absolute Gasteiger partial charge is 0.399 e. The summed E-state index contributed by atoms with van der Waals surface area (Å²) in [7, 11) is 0. The Bertz CT molecular complexity index is 728. The summed E-state index contributed by atoms with van der Waals surface area (Å²) < 4.78 is 0. The summed E-state index contributed by atoms with van der Waals surface area (Å²) in [6, 6.07) is 14.9. The van der Waals surface area contributed by atoms with Crippen LogP contribution < -0.4 is 5.73 Å². The summed E-state index contributed by atoms with van der Waals surface area (Å²) in [6.07, 6.45) is 0. The molecule has 0 saturated heterocycles. The van der Waals surface area contributed by atoms with Gasteiger partial charge in [0, 0.05) is 21.3 Å². The van der Waals surface area contributed by atoms with Gasteiger partial charge in [-0.1, -0.05) is 35.3 Å². The van der Waals surface area contributed by atoms with Crippen molar-refractivity contribution >= 4 is 28.9 Å². The number of nitrogens with one attached hydrogen (secondary N) is 1. The van der Waals surface area contributed by atoms with Crippen LogP contribution in [0.1, 0.15) is 0 Å². The number of nitrogens with zero attached hydrogens (tertiary/aromatic N) is 1. The monoisotopic (exact) mass is 303 g/mol. The zero-order chi connectivity index (χ0) is 14.1. The third-order valence-corrected chi connectivity index (χ3v) is 3.39. The molecule has 0 radical (unpaired) electrons. The van der Waals surface area contributed by atoms with Crippen LogP contribution in [0.4, 0.5) is 5.69 Å². The van der Waals surface area contributed by atoms with Crippen molar-refractivity contribution in [2.75, 3.05) is 5.73 Å². The zero-order valence-corrected chi connectivity index (χ0v) is 11.9. The maximum Gasteiger partial charge on any atom is 0.0928 e. The molecule has 3 aromatic rings. The third-order valence-electron chi connectivity index (χ3n) is 2.96. The number of aromatic nitrogens is 2. The Kier molecular flexibility index (Phi) is 3.38. The molecule has 0 aliphatic heterocycles. The predicted molar refractivity (Wildman–Crippen MR) is 83.9 cm³/mol. The lowest BCUT2D eigenvalue weighted by molar-refractivity contribution is 1.10. The van der Waals surface area contributed by atoms with Gasteiger partial charge in [-0.15, -0.1) is 0 Å². The molecule has 5 heteroatoms. The van der Waals surface area contributed by atoms with E-state index >= 15 is 0 Å². The fourth-order valence-electron chi connectivity index (χ4n) is 1.98. The van der Waals surface area contributed by atoms with Crippen molar-refractivity contribution in [2.45, 2.75) is 0 Å². The van der Waals surface area contributed by atoms with Gasteiger partial charge in [-0.05, 0) is 42.0 Å². The van der Waals surface area contributed by atoms with E-state index in [1.54, 1.807) is 6.07 Å². The molecule has 0 bridgehead atoms. The molecule has 100 valence electrons. The molecule has 0 spiro atoms. The third kappa shape index (κ3) is 2.64. The maximum atomic E-state index is 6.00. The number of hydrogen-bond donors (Lipinski definition) is 2. The van der Waals surface area contributed by atoms with E-state index in [0.717, 1.165) is 28.2 Å². The molecule has 0 aliphatic carbocycles. The predicted octanol–water partition coefficient (Wildman–Crippen LogP) is 4.63. The number of rotatable bonds is 2. The highest BCUT2D eigenvalue weighted by molar-refractivity contribution is 6.35. The van der Waals surface area contributed by atoms with Crippen molar-refractivity contribution < 1.29 is 0 Å². The summed E-state index contributed by atoms with van der Waals surface area (Å²) in [5.41, 5.74) is 10.0. The Labute approximate surface area is 126 Å². The molecule has 0 unspecified atom stereocenters. The van der Waals surface area contributed by atoms with Gasteiger partial charge in [-0.2, -0.15) is 5.10 Å². The highest BCUT2D eigenvalue weighted by Gasteiger charge is 2.07. The number of nitrogens with two attached hydrogens (primary N) is 1. The van der Waals surface area contributed by atoms with Gasteiger partial charge < -0.3 is 5.73 Å². The second-order valence-corrected chi connectivity index (χ2v) is 5.32. The molecule has 2 aromatic carbocycles. The first kappa shape index (κ1) is 13.0. The molecule has 1 heterocycles. The van der Waals surface area contributed by atoms with Crippen molar-refractivity contribution in [3.63, 3.8) is 0 Å². The smallest absolute Gasteiger partial charge is 0.0928 e. The van der Waals surface area contributed by atoms with E-state index < -0.39 is 0 Å². The summed E-state index contributed by atoms with van der Waals surface area (Å²) >= 11 is 12.0. The van der Waals surface area contributed by atoms with Crippen molar-refractivity contribution in [1.82, 2.24) is 10.2 Å². The molecule has 0 saturated carbocycles. The maximum absolute atomic E-state index is 6.00.